The third kappa shape index (κ3) is 4.91. The molecule has 1 saturated heterocycles. The van der Waals surface area contributed by atoms with E-state index < -0.39 is 10.0 Å². The van der Waals surface area contributed by atoms with Crippen LogP contribution in [0.3, 0.4) is 0 Å². The summed E-state index contributed by atoms with van der Waals surface area (Å²) in [6.07, 6.45) is 5.24. The van der Waals surface area contributed by atoms with Gasteiger partial charge in [0.25, 0.3) is 10.0 Å². The normalized spacial score (nSPS) is 16.5. The van der Waals surface area contributed by atoms with Crippen LogP contribution in [0.15, 0.2) is 44.7 Å². The molecule has 0 radical (unpaired) electrons. The number of hydrogen-bond acceptors (Lipinski definition) is 5. The van der Waals surface area contributed by atoms with Gasteiger partial charge in [0.05, 0.1) is 3.79 Å². The zero-order chi connectivity index (χ0) is 18.6. The molecule has 0 saturated carbocycles. The number of carbonyl (C=O) groups is 1. The highest BCUT2D eigenvalue weighted by molar-refractivity contribution is 9.11. The molecule has 140 valence electrons. The Bertz CT molecular complexity index is 847. The van der Waals surface area contributed by atoms with Crippen molar-refractivity contribution in [2.75, 3.05) is 13.1 Å². The maximum absolute atomic E-state index is 12.6. The molecule has 6 nitrogen and oxygen atoms in total. The van der Waals surface area contributed by atoms with Gasteiger partial charge in [-0.25, -0.2) is 8.42 Å². The molecule has 1 aliphatic rings. The van der Waals surface area contributed by atoms with Crippen molar-refractivity contribution in [3.8, 4) is 0 Å². The Kier molecular flexibility index (Phi) is 6.44. The monoisotopic (exact) mass is 457 g/mol. The molecule has 26 heavy (non-hydrogen) atoms. The lowest BCUT2D eigenvalue weighted by atomic mass is 9.94. The zero-order valence-corrected chi connectivity index (χ0v) is 17.3. The summed E-state index contributed by atoms with van der Waals surface area (Å²) < 4.78 is 27.9. The molecule has 0 spiro atoms. The van der Waals surface area contributed by atoms with Crippen molar-refractivity contribution in [2.24, 2.45) is 5.92 Å². The molecule has 0 bridgehead atoms. The summed E-state index contributed by atoms with van der Waals surface area (Å²) in [7, 11) is -3.42. The molecule has 9 heteroatoms. The van der Waals surface area contributed by atoms with Crippen LogP contribution in [0.4, 0.5) is 0 Å². The number of sulfonamides is 1. The van der Waals surface area contributed by atoms with Gasteiger partial charge in [-0.15, -0.1) is 11.3 Å². The number of carbonyl (C=O) groups excluding carboxylic acids is 1. The average molecular weight is 458 g/mol. The number of hydrogen-bond donors (Lipinski definition) is 1. The van der Waals surface area contributed by atoms with E-state index in [9.17, 15) is 13.2 Å². The van der Waals surface area contributed by atoms with Crippen molar-refractivity contribution in [2.45, 2.75) is 30.0 Å². The number of halogens is 1. The summed E-state index contributed by atoms with van der Waals surface area (Å²) in [6, 6.07) is 7.11. The number of nitrogens with one attached hydrogen (secondary N) is 1. The fourth-order valence-electron chi connectivity index (χ4n) is 2.95. The van der Waals surface area contributed by atoms with Gasteiger partial charge in [0.15, 0.2) is 0 Å². The largest absolute Gasteiger partial charge is 0.352 e. The first-order valence-corrected chi connectivity index (χ1v) is 11.4. The maximum atomic E-state index is 12.6. The summed E-state index contributed by atoms with van der Waals surface area (Å²) >= 11 is 4.53. The standard InChI is InChI=1S/C17H20BrN3O3S2/c18-15-1-2-17(25-15)26(23,24)21-9-5-13(6-10-21)11-16(22)20-12-14-3-7-19-8-4-14/h1-4,7-8,13H,5-6,9-12H2,(H,20,22). The Morgan fingerprint density at radius 3 is 2.54 bits per heavy atom. The number of pyridine rings is 1. The molecule has 1 aliphatic heterocycles. The van der Waals surface area contributed by atoms with Gasteiger partial charge >= 0.3 is 0 Å². The third-order valence-electron chi connectivity index (χ3n) is 4.43. The van der Waals surface area contributed by atoms with E-state index in [0.717, 1.165) is 9.35 Å². The Balaban J connectivity index is 1.47. The van der Waals surface area contributed by atoms with Crippen LogP contribution in [0.2, 0.25) is 0 Å². The van der Waals surface area contributed by atoms with Crippen LogP contribution < -0.4 is 5.32 Å². The topological polar surface area (TPSA) is 79.4 Å². The highest BCUT2D eigenvalue weighted by Crippen LogP contribution is 2.31. The highest BCUT2D eigenvalue weighted by Gasteiger charge is 2.31. The molecule has 0 atom stereocenters. The van der Waals surface area contributed by atoms with Crippen molar-refractivity contribution in [3.63, 3.8) is 0 Å². The highest BCUT2D eigenvalue weighted by atomic mass is 79.9. The Morgan fingerprint density at radius 2 is 1.92 bits per heavy atom. The third-order valence-corrected chi connectivity index (χ3v) is 8.42. The second-order valence-corrected chi connectivity index (χ2v) is 10.9. The van der Waals surface area contributed by atoms with E-state index in [1.807, 2.05) is 12.1 Å². The Morgan fingerprint density at radius 1 is 1.23 bits per heavy atom. The fourth-order valence-corrected chi connectivity index (χ4v) is 6.59. The summed E-state index contributed by atoms with van der Waals surface area (Å²) in [4.78, 5) is 16.1. The second kappa shape index (κ2) is 8.60. The van der Waals surface area contributed by atoms with Gasteiger partial charge in [-0.2, -0.15) is 4.31 Å². The number of nitrogens with zero attached hydrogens (tertiary/aromatic N) is 2. The minimum atomic E-state index is -3.42. The van der Waals surface area contributed by atoms with Crippen molar-refractivity contribution in [1.82, 2.24) is 14.6 Å². The van der Waals surface area contributed by atoms with Gasteiger partial charge < -0.3 is 5.32 Å². The van der Waals surface area contributed by atoms with Crippen molar-refractivity contribution >= 4 is 43.2 Å². The van der Waals surface area contributed by atoms with Crippen LogP contribution in [0.25, 0.3) is 0 Å². The van der Waals surface area contributed by atoms with Gasteiger partial charge in [-0.05, 0) is 64.5 Å². The summed E-state index contributed by atoms with van der Waals surface area (Å²) in [5, 5.41) is 2.91. The van der Waals surface area contributed by atoms with E-state index >= 15 is 0 Å². The van der Waals surface area contributed by atoms with Crippen molar-refractivity contribution in [3.05, 3.63) is 46.0 Å². The number of amides is 1. The number of thiophene rings is 1. The first kappa shape index (κ1) is 19.5. The van der Waals surface area contributed by atoms with Crippen molar-refractivity contribution in [1.29, 1.82) is 0 Å². The first-order chi connectivity index (χ1) is 12.4. The van der Waals surface area contributed by atoms with Crippen LogP contribution >= 0.6 is 27.3 Å². The molecule has 3 heterocycles. The minimum Gasteiger partial charge on any atom is -0.352 e. The van der Waals surface area contributed by atoms with E-state index in [0.29, 0.717) is 43.1 Å². The van der Waals surface area contributed by atoms with E-state index in [1.54, 1.807) is 24.5 Å². The summed E-state index contributed by atoms with van der Waals surface area (Å²) in [5.41, 5.74) is 1.01. The molecule has 1 amide bonds. The quantitative estimate of drug-likeness (QED) is 0.722. The lowest BCUT2D eigenvalue weighted by Crippen LogP contribution is -2.39. The molecule has 1 N–H and O–H groups in total. The predicted octanol–water partition coefficient (Wildman–Crippen LogP) is 3.01. The Labute approximate surface area is 165 Å². The number of aromatic nitrogens is 1. The van der Waals surface area contributed by atoms with Gasteiger partial charge in [0.2, 0.25) is 5.91 Å². The molecule has 0 unspecified atom stereocenters. The van der Waals surface area contributed by atoms with Gasteiger partial charge in [-0.3, -0.25) is 9.78 Å². The Hall–Kier alpha value is -1.29. The fraction of sp³-hybridized carbons (Fsp3) is 0.412. The smallest absolute Gasteiger partial charge is 0.252 e. The number of rotatable bonds is 6. The minimum absolute atomic E-state index is 0.00491. The predicted molar refractivity (Wildman–Crippen MR) is 104 cm³/mol. The molecule has 2 aromatic rings. The average Bonchev–Trinajstić information content (AvgIpc) is 3.09. The van der Waals surface area contributed by atoms with E-state index in [1.165, 1.54) is 15.6 Å². The zero-order valence-electron chi connectivity index (χ0n) is 14.1. The number of piperidine rings is 1. The lowest BCUT2D eigenvalue weighted by molar-refractivity contribution is -0.122. The van der Waals surface area contributed by atoms with Crippen LogP contribution in [-0.2, 0) is 21.4 Å². The summed E-state index contributed by atoms with van der Waals surface area (Å²) in [6.45, 7) is 1.40. The SMILES string of the molecule is O=C(CC1CCN(S(=O)(=O)c2ccc(Br)s2)CC1)NCc1ccncc1. The molecule has 0 aromatic carbocycles. The van der Waals surface area contributed by atoms with Gasteiger partial charge in [0.1, 0.15) is 4.21 Å². The first-order valence-electron chi connectivity index (χ1n) is 8.36. The van der Waals surface area contributed by atoms with E-state index in [2.05, 4.69) is 26.2 Å². The molecular formula is C17H20BrN3O3S2. The van der Waals surface area contributed by atoms with Gasteiger partial charge in [-0.1, -0.05) is 0 Å². The lowest BCUT2D eigenvalue weighted by Gasteiger charge is -2.30. The van der Waals surface area contributed by atoms with Crippen LogP contribution in [0.5, 0.6) is 0 Å². The molecule has 0 aliphatic carbocycles. The van der Waals surface area contributed by atoms with Crippen LogP contribution in [0, 0.1) is 5.92 Å². The molecule has 3 rings (SSSR count). The molecule has 1 fully saturated rings. The van der Waals surface area contributed by atoms with Gasteiger partial charge in [0, 0.05) is 38.4 Å². The van der Waals surface area contributed by atoms with Crippen molar-refractivity contribution < 1.29 is 13.2 Å². The molecule has 2 aromatic heterocycles. The van der Waals surface area contributed by atoms with E-state index in [4.69, 9.17) is 0 Å². The molecular weight excluding hydrogens is 438 g/mol. The van der Waals surface area contributed by atoms with E-state index in [-0.39, 0.29) is 11.8 Å². The second-order valence-electron chi connectivity index (χ2n) is 6.24. The van der Waals surface area contributed by atoms with Crippen LogP contribution in [-0.4, -0.2) is 36.7 Å². The van der Waals surface area contributed by atoms with Crippen LogP contribution in [0.1, 0.15) is 24.8 Å². The maximum Gasteiger partial charge on any atom is 0.252 e. The summed E-state index contributed by atoms with van der Waals surface area (Å²) in [5.74, 6) is 0.222.